The number of nitrogens with zero attached hydrogens (tertiary/aromatic N) is 1. The summed E-state index contributed by atoms with van der Waals surface area (Å²) in [5.41, 5.74) is 1.42. The number of carbonyl (C=O) groups is 2. The van der Waals surface area contributed by atoms with E-state index < -0.39 is 42.4 Å². The zero-order valence-electron chi connectivity index (χ0n) is 17.2. The number of hydrogen-bond donors (Lipinski definition) is 2. The monoisotopic (exact) mass is 499 g/mol. The fourth-order valence-corrected chi connectivity index (χ4v) is 4.51. The second kappa shape index (κ2) is 8.62. The van der Waals surface area contributed by atoms with Gasteiger partial charge in [0, 0.05) is 27.7 Å². The summed E-state index contributed by atoms with van der Waals surface area (Å²) in [5.74, 6) is -0.946. The molecule has 0 bridgehead atoms. The largest absolute Gasteiger partial charge is 0.400 e. The van der Waals surface area contributed by atoms with Crippen LogP contribution in [0.5, 0.6) is 0 Å². The van der Waals surface area contributed by atoms with Crippen LogP contribution in [0.3, 0.4) is 0 Å². The summed E-state index contributed by atoms with van der Waals surface area (Å²) in [6, 6.07) is 7.75. The summed E-state index contributed by atoms with van der Waals surface area (Å²) in [5, 5.41) is 2.79. The van der Waals surface area contributed by atoms with Gasteiger partial charge in [-0.15, -0.1) is 0 Å². The van der Waals surface area contributed by atoms with Crippen LogP contribution in [0.4, 0.5) is 13.2 Å². The maximum atomic E-state index is 14.3. The minimum Gasteiger partial charge on any atom is -0.338 e. The molecule has 2 aromatic carbocycles. The topological polar surface area (TPSA) is 79.8 Å². The Morgan fingerprint density at radius 2 is 1.91 bits per heavy atom. The Hall–Kier alpha value is -2.62. The second-order valence-electron chi connectivity index (χ2n) is 8.01. The molecule has 0 saturated carbocycles. The van der Waals surface area contributed by atoms with Crippen molar-refractivity contribution in [2.45, 2.75) is 31.0 Å². The van der Waals surface area contributed by atoms with Crippen molar-refractivity contribution in [1.82, 2.24) is 10.8 Å². The summed E-state index contributed by atoms with van der Waals surface area (Å²) >= 11 is 11.9. The Labute approximate surface area is 197 Å². The molecule has 174 valence electrons. The Morgan fingerprint density at radius 3 is 2.48 bits per heavy atom. The lowest BCUT2D eigenvalue weighted by Crippen LogP contribution is -2.43. The highest BCUT2D eigenvalue weighted by atomic mass is 35.5. The van der Waals surface area contributed by atoms with Gasteiger partial charge in [0.05, 0.1) is 6.54 Å². The van der Waals surface area contributed by atoms with Crippen LogP contribution in [-0.2, 0) is 15.0 Å². The van der Waals surface area contributed by atoms with E-state index in [-0.39, 0.29) is 27.9 Å². The maximum absolute atomic E-state index is 14.3. The van der Waals surface area contributed by atoms with E-state index >= 15 is 0 Å². The molecule has 0 spiro atoms. The Kier molecular flexibility index (Phi) is 6.15. The molecular formula is C22H18Cl2F3N3O3. The van der Waals surface area contributed by atoms with Gasteiger partial charge in [0.25, 0.3) is 11.8 Å². The normalized spacial score (nSPS) is 22.8. The number of alkyl halides is 3. The van der Waals surface area contributed by atoms with Gasteiger partial charge in [0.2, 0.25) is 0 Å². The van der Waals surface area contributed by atoms with Crippen molar-refractivity contribution in [3.8, 4) is 0 Å². The Morgan fingerprint density at radius 1 is 1.21 bits per heavy atom. The Balaban J connectivity index is 1.59. The van der Waals surface area contributed by atoms with Gasteiger partial charge in [-0.2, -0.15) is 13.2 Å². The molecular weight excluding hydrogens is 482 g/mol. The molecule has 11 heteroatoms. The lowest BCUT2D eigenvalue weighted by molar-refractivity contribution is -0.183. The van der Waals surface area contributed by atoms with E-state index in [4.69, 9.17) is 28.0 Å². The Bertz CT molecular complexity index is 1150. The minimum absolute atomic E-state index is 0.00551. The van der Waals surface area contributed by atoms with Crippen molar-refractivity contribution in [3.05, 3.63) is 68.7 Å². The lowest BCUT2D eigenvalue weighted by atomic mass is 9.76. The van der Waals surface area contributed by atoms with Gasteiger partial charge < -0.3 is 5.32 Å². The molecule has 2 amide bonds. The molecule has 2 aliphatic heterocycles. The number of rotatable bonds is 4. The third-order valence-corrected chi connectivity index (χ3v) is 6.25. The number of aliphatic imine (C=N–C) groups is 1. The predicted molar refractivity (Wildman–Crippen MR) is 117 cm³/mol. The predicted octanol–water partition coefficient (Wildman–Crippen LogP) is 4.15. The minimum atomic E-state index is -4.59. The van der Waals surface area contributed by atoms with Gasteiger partial charge in [-0.3, -0.25) is 19.4 Å². The van der Waals surface area contributed by atoms with Crippen molar-refractivity contribution >= 4 is 40.7 Å². The van der Waals surface area contributed by atoms with Crippen LogP contribution in [0, 0.1) is 6.92 Å². The van der Waals surface area contributed by atoms with Crippen LogP contribution in [0.1, 0.15) is 33.5 Å². The molecule has 2 aromatic rings. The van der Waals surface area contributed by atoms with Crippen molar-refractivity contribution in [1.29, 1.82) is 0 Å². The summed E-state index contributed by atoms with van der Waals surface area (Å²) in [6.45, 7) is 1.17. The number of amides is 2. The highest BCUT2D eigenvalue weighted by molar-refractivity contribution is 6.34. The highest BCUT2D eigenvalue weighted by Crippen LogP contribution is 2.48. The zero-order chi connectivity index (χ0) is 24.0. The van der Waals surface area contributed by atoms with Crippen molar-refractivity contribution < 1.29 is 27.6 Å². The zero-order valence-corrected chi connectivity index (χ0v) is 18.7. The van der Waals surface area contributed by atoms with Crippen molar-refractivity contribution in [2.24, 2.45) is 4.99 Å². The standard InChI is InChI=1S/C22H18Cl2F3N3O3/c1-11-4-12(2-3-16(11)19(31)29-18-9-33-30-20(18)32)17-8-21(10-28-17,22(25,26)27)13-5-14(23)7-15(24)6-13/h2-7,18H,8-10H2,1H3,(H,29,31)(H,30,32). The van der Waals surface area contributed by atoms with Gasteiger partial charge in [-0.1, -0.05) is 29.3 Å². The molecule has 0 radical (unpaired) electrons. The van der Waals surface area contributed by atoms with Gasteiger partial charge >= 0.3 is 6.18 Å². The van der Waals surface area contributed by atoms with E-state index in [1.807, 2.05) is 0 Å². The average molecular weight is 500 g/mol. The first kappa shape index (κ1) is 23.5. The number of halogens is 5. The molecule has 6 nitrogen and oxygen atoms in total. The number of hydroxylamine groups is 1. The first-order valence-electron chi connectivity index (χ1n) is 9.90. The van der Waals surface area contributed by atoms with Crippen LogP contribution in [0.15, 0.2) is 41.4 Å². The van der Waals surface area contributed by atoms with Gasteiger partial charge in [-0.25, -0.2) is 5.48 Å². The van der Waals surface area contributed by atoms with Crippen LogP contribution in [0.25, 0.3) is 0 Å². The number of benzene rings is 2. The molecule has 0 aromatic heterocycles. The second-order valence-corrected chi connectivity index (χ2v) is 8.88. The quantitative estimate of drug-likeness (QED) is 0.662. The fraction of sp³-hybridized carbons (Fsp3) is 0.318. The summed E-state index contributed by atoms with van der Waals surface area (Å²) in [6.07, 6.45) is -4.98. The van der Waals surface area contributed by atoms with Crippen LogP contribution >= 0.6 is 23.2 Å². The molecule has 2 N–H and O–H groups in total. The first-order valence-corrected chi connectivity index (χ1v) is 10.7. The van der Waals surface area contributed by atoms with E-state index in [1.165, 1.54) is 24.3 Å². The molecule has 2 atom stereocenters. The summed E-state index contributed by atoms with van der Waals surface area (Å²) in [4.78, 5) is 33.1. The van der Waals surface area contributed by atoms with Crippen LogP contribution < -0.4 is 10.8 Å². The highest BCUT2D eigenvalue weighted by Gasteiger charge is 2.58. The molecule has 2 unspecified atom stereocenters. The van der Waals surface area contributed by atoms with E-state index in [0.29, 0.717) is 16.7 Å². The molecule has 1 saturated heterocycles. The number of hydrogen-bond acceptors (Lipinski definition) is 4. The number of nitrogens with one attached hydrogen (secondary N) is 2. The van der Waals surface area contributed by atoms with Crippen LogP contribution in [0.2, 0.25) is 10.0 Å². The molecule has 2 aliphatic rings. The number of carbonyl (C=O) groups excluding carboxylic acids is 2. The molecule has 1 fully saturated rings. The van der Waals surface area contributed by atoms with E-state index in [0.717, 1.165) is 0 Å². The van der Waals surface area contributed by atoms with Crippen molar-refractivity contribution in [3.63, 3.8) is 0 Å². The first-order chi connectivity index (χ1) is 15.5. The molecule has 33 heavy (non-hydrogen) atoms. The lowest BCUT2D eigenvalue weighted by Gasteiger charge is -2.31. The van der Waals surface area contributed by atoms with Gasteiger partial charge in [0.15, 0.2) is 0 Å². The van der Waals surface area contributed by atoms with E-state index in [2.05, 4.69) is 15.8 Å². The van der Waals surface area contributed by atoms with Crippen LogP contribution in [-0.4, -0.2) is 42.9 Å². The molecule has 2 heterocycles. The summed E-state index contributed by atoms with van der Waals surface area (Å²) < 4.78 is 42.8. The van der Waals surface area contributed by atoms with Gasteiger partial charge in [0.1, 0.15) is 18.1 Å². The van der Waals surface area contributed by atoms with Gasteiger partial charge in [-0.05, 0) is 53.9 Å². The van der Waals surface area contributed by atoms with Crippen molar-refractivity contribution in [2.75, 3.05) is 13.2 Å². The van der Waals surface area contributed by atoms with E-state index in [1.54, 1.807) is 19.1 Å². The average Bonchev–Trinajstić information content (AvgIpc) is 3.34. The van der Waals surface area contributed by atoms with E-state index in [9.17, 15) is 22.8 Å². The number of aryl methyl sites for hydroxylation is 1. The maximum Gasteiger partial charge on any atom is 0.400 e. The smallest absolute Gasteiger partial charge is 0.338 e. The molecule has 0 aliphatic carbocycles. The fourth-order valence-electron chi connectivity index (χ4n) is 3.98. The third kappa shape index (κ3) is 4.45. The third-order valence-electron chi connectivity index (χ3n) is 5.82. The molecule has 4 rings (SSSR count). The summed E-state index contributed by atoms with van der Waals surface area (Å²) in [7, 11) is 0. The SMILES string of the molecule is Cc1cc(C2=NCC(c3cc(Cl)cc(Cl)c3)(C(F)(F)F)C2)ccc1C(=O)NC1CONC1=O.